The molecule has 1 aromatic heterocycles. The number of aromatic amines is 1. The van der Waals surface area contributed by atoms with E-state index in [1.807, 2.05) is 36.4 Å². The monoisotopic (exact) mass is 266 g/mol. The van der Waals surface area contributed by atoms with Gasteiger partial charge in [-0.2, -0.15) is 4.39 Å². The Hall–Kier alpha value is -2.75. The molecule has 0 bridgehead atoms. The highest BCUT2D eigenvalue weighted by atomic mass is 19.1. The van der Waals surface area contributed by atoms with Crippen molar-refractivity contribution in [1.29, 1.82) is 0 Å². The van der Waals surface area contributed by atoms with Crippen molar-refractivity contribution in [2.75, 3.05) is 0 Å². The summed E-state index contributed by atoms with van der Waals surface area (Å²) in [5, 5.41) is 0. The molecule has 3 nitrogen and oxygen atoms in total. The van der Waals surface area contributed by atoms with Crippen LogP contribution in [0.15, 0.2) is 65.5 Å². The molecule has 0 radical (unpaired) electrons. The summed E-state index contributed by atoms with van der Waals surface area (Å²) in [6, 6.07) is 18.0. The highest BCUT2D eigenvalue weighted by Crippen LogP contribution is 2.21. The SMILES string of the molecule is O=c1[nH]c(-c2ccccc2)nc(-c2ccccc2)c1F. The van der Waals surface area contributed by atoms with Gasteiger partial charge >= 0.3 is 0 Å². The molecule has 20 heavy (non-hydrogen) atoms. The Morgan fingerprint density at radius 3 is 2.00 bits per heavy atom. The van der Waals surface area contributed by atoms with Crippen LogP contribution in [0.5, 0.6) is 0 Å². The van der Waals surface area contributed by atoms with Gasteiger partial charge in [0.1, 0.15) is 11.5 Å². The Bertz CT molecular complexity index is 783. The number of H-pyrrole nitrogens is 1. The van der Waals surface area contributed by atoms with E-state index in [1.165, 1.54) is 0 Å². The van der Waals surface area contributed by atoms with Crippen molar-refractivity contribution in [2.24, 2.45) is 0 Å². The van der Waals surface area contributed by atoms with E-state index in [4.69, 9.17) is 0 Å². The minimum Gasteiger partial charge on any atom is -0.304 e. The summed E-state index contributed by atoms with van der Waals surface area (Å²) < 4.78 is 14.0. The summed E-state index contributed by atoms with van der Waals surface area (Å²) in [5.41, 5.74) is 0.612. The van der Waals surface area contributed by atoms with Crippen LogP contribution in [0.4, 0.5) is 4.39 Å². The summed E-state index contributed by atoms with van der Waals surface area (Å²) in [6.45, 7) is 0. The molecule has 3 aromatic rings. The Labute approximate surface area is 114 Å². The molecule has 0 fully saturated rings. The lowest BCUT2D eigenvalue weighted by Crippen LogP contribution is -2.15. The van der Waals surface area contributed by atoms with Gasteiger partial charge in [0.05, 0.1) is 0 Å². The van der Waals surface area contributed by atoms with E-state index in [-0.39, 0.29) is 5.69 Å². The number of halogens is 1. The number of nitrogens with zero attached hydrogens (tertiary/aromatic N) is 1. The van der Waals surface area contributed by atoms with Crippen LogP contribution in [0.2, 0.25) is 0 Å². The Kier molecular flexibility index (Phi) is 3.13. The zero-order chi connectivity index (χ0) is 13.9. The molecule has 4 heteroatoms. The number of benzene rings is 2. The van der Waals surface area contributed by atoms with E-state index in [0.717, 1.165) is 5.56 Å². The lowest BCUT2D eigenvalue weighted by atomic mass is 10.1. The molecule has 0 aliphatic carbocycles. The molecule has 1 N–H and O–H groups in total. The van der Waals surface area contributed by atoms with Crippen molar-refractivity contribution >= 4 is 0 Å². The first kappa shape index (κ1) is 12.3. The van der Waals surface area contributed by atoms with Crippen molar-refractivity contribution in [3.63, 3.8) is 0 Å². The molecular formula is C16H11FN2O. The lowest BCUT2D eigenvalue weighted by Gasteiger charge is -2.06. The van der Waals surface area contributed by atoms with Crippen LogP contribution in [0.1, 0.15) is 0 Å². The topological polar surface area (TPSA) is 45.8 Å². The molecule has 0 spiro atoms. The molecule has 0 atom stereocenters. The molecule has 2 aromatic carbocycles. The molecule has 0 amide bonds. The Balaban J connectivity index is 2.22. The van der Waals surface area contributed by atoms with Gasteiger partial charge in [-0.3, -0.25) is 4.79 Å². The van der Waals surface area contributed by atoms with Crippen molar-refractivity contribution in [2.45, 2.75) is 0 Å². The molecular weight excluding hydrogens is 255 g/mol. The summed E-state index contributed by atoms with van der Waals surface area (Å²) in [4.78, 5) is 18.4. The second-order valence-corrected chi connectivity index (χ2v) is 4.31. The van der Waals surface area contributed by atoms with E-state index in [0.29, 0.717) is 11.4 Å². The maximum Gasteiger partial charge on any atom is 0.287 e. The standard InChI is InChI=1S/C16H11FN2O/c17-13-14(11-7-3-1-4-8-11)18-15(19-16(13)20)12-9-5-2-6-10-12/h1-10H,(H,18,19,20). The van der Waals surface area contributed by atoms with Gasteiger partial charge in [0.25, 0.3) is 5.56 Å². The summed E-state index contributed by atoms with van der Waals surface area (Å²) >= 11 is 0. The average molecular weight is 266 g/mol. The fraction of sp³-hybridized carbons (Fsp3) is 0. The van der Waals surface area contributed by atoms with Crippen LogP contribution >= 0.6 is 0 Å². The van der Waals surface area contributed by atoms with Gasteiger partial charge in [-0.15, -0.1) is 0 Å². The fourth-order valence-electron chi connectivity index (χ4n) is 1.98. The normalized spacial score (nSPS) is 10.4. The minimum atomic E-state index is -0.865. The molecule has 98 valence electrons. The molecule has 0 unspecified atom stereocenters. The average Bonchev–Trinajstić information content (AvgIpc) is 2.51. The van der Waals surface area contributed by atoms with Crippen molar-refractivity contribution < 1.29 is 4.39 Å². The Morgan fingerprint density at radius 2 is 1.40 bits per heavy atom. The highest BCUT2D eigenvalue weighted by molar-refractivity contribution is 5.63. The van der Waals surface area contributed by atoms with Gasteiger partial charge in [0.2, 0.25) is 5.82 Å². The molecule has 3 rings (SSSR count). The molecule has 0 aliphatic rings. The van der Waals surface area contributed by atoms with Crippen LogP contribution in [0.3, 0.4) is 0 Å². The molecule has 0 saturated carbocycles. The zero-order valence-electron chi connectivity index (χ0n) is 10.5. The number of aromatic nitrogens is 2. The van der Waals surface area contributed by atoms with Gasteiger partial charge in [-0.1, -0.05) is 60.7 Å². The zero-order valence-corrected chi connectivity index (χ0v) is 10.5. The van der Waals surface area contributed by atoms with E-state index < -0.39 is 11.4 Å². The lowest BCUT2D eigenvalue weighted by molar-refractivity contribution is 0.606. The Morgan fingerprint density at radius 1 is 0.850 bits per heavy atom. The van der Waals surface area contributed by atoms with Gasteiger partial charge in [0, 0.05) is 11.1 Å². The van der Waals surface area contributed by atoms with Crippen LogP contribution in [-0.4, -0.2) is 9.97 Å². The van der Waals surface area contributed by atoms with Gasteiger partial charge < -0.3 is 4.98 Å². The fourth-order valence-corrected chi connectivity index (χ4v) is 1.98. The smallest absolute Gasteiger partial charge is 0.287 e. The van der Waals surface area contributed by atoms with Crippen molar-refractivity contribution in [3.8, 4) is 22.6 Å². The maximum atomic E-state index is 14.0. The largest absolute Gasteiger partial charge is 0.304 e. The van der Waals surface area contributed by atoms with Crippen molar-refractivity contribution in [1.82, 2.24) is 9.97 Å². The predicted molar refractivity (Wildman–Crippen MR) is 75.7 cm³/mol. The quantitative estimate of drug-likeness (QED) is 0.774. The first-order valence-corrected chi connectivity index (χ1v) is 6.16. The number of rotatable bonds is 2. The summed E-state index contributed by atoms with van der Waals surface area (Å²) in [5.74, 6) is -0.508. The van der Waals surface area contributed by atoms with Crippen LogP contribution in [-0.2, 0) is 0 Å². The third kappa shape index (κ3) is 2.23. The summed E-state index contributed by atoms with van der Waals surface area (Å²) in [6.07, 6.45) is 0. The number of hydrogen-bond donors (Lipinski definition) is 1. The van der Waals surface area contributed by atoms with Crippen LogP contribution in [0.25, 0.3) is 22.6 Å². The first-order chi connectivity index (χ1) is 9.75. The van der Waals surface area contributed by atoms with Gasteiger partial charge in [-0.25, -0.2) is 4.98 Å². The second kappa shape index (κ2) is 5.09. The van der Waals surface area contributed by atoms with E-state index in [2.05, 4.69) is 9.97 Å². The third-order valence-electron chi connectivity index (χ3n) is 2.96. The molecule has 0 aliphatic heterocycles. The van der Waals surface area contributed by atoms with E-state index in [9.17, 15) is 9.18 Å². The van der Waals surface area contributed by atoms with E-state index in [1.54, 1.807) is 24.3 Å². The van der Waals surface area contributed by atoms with Crippen molar-refractivity contribution in [3.05, 3.63) is 76.8 Å². The highest BCUT2D eigenvalue weighted by Gasteiger charge is 2.13. The molecule has 1 heterocycles. The van der Waals surface area contributed by atoms with Gasteiger partial charge in [0.15, 0.2) is 0 Å². The second-order valence-electron chi connectivity index (χ2n) is 4.31. The van der Waals surface area contributed by atoms with Gasteiger partial charge in [-0.05, 0) is 0 Å². The number of nitrogens with one attached hydrogen (secondary N) is 1. The van der Waals surface area contributed by atoms with E-state index >= 15 is 0 Å². The predicted octanol–water partition coefficient (Wildman–Crippen LogP) is 3.24. The molecule has 0 saturated heterocycles. The summed E-state index contributed by atoms with van der Waals surface area (Å²) in [7, 11) is 0. The minimum absolute atomic E-state index is 0.0632. The van der Waals surface area contributed by atoms with Crippen LogP contribution in [0, 0.1) is 5.82 Å². The van der Waals surface area contributed by atoms with Crippen LogP contribution < -0.4 is 5.56 Å². The number of hydrogen-bond acceptors (Lipinski definition) is 2. The maximum absolute atomic E-state index is 14.0. The third-order valence-corrected chi connectivity index (χ3v) is 2.96. The first-order valence-electron chi connectivity index (χ1n) is 6.16.